The Morgan fingerprint density at radius 1 is 1.14 bits per heavy atom. The third-order valence-corrected chi connectivity index (χ3v) is 5.71. The molecule has 3 rings (SSSR count). The zero-order valence-electron chi connectivity index (χ0n) is 18.0. The number of carbonyl (C=O) groups excluding carboxylic acids is 1. The van der Waals surface area contributed by atoms with Crippen LogP contribution in [0.25, 0.3) is 6.08 Å². The Labute approximate surface area is 174 Å². The fourth-order valence-electron chi connectivity index (χ4n) is 4.09. The van der Waals surface area contributed by atoms with Gasteiger partial charge in [0.05, 0.1) is 11.6 Å². The van der Waals surface area contributed by atoms with E-state index < -0.39 is 5.60 Å². The molecule has 0 saturated heterocycles. The van der Waals surface area contributed by atoms with E-state index in [0.717, 1.165) is 31.2 Å². The normalized spacial score (nSPS) is 27.1. The van der Waals surface area contributed by atoms with E-state index in [9.17, 15) is 4.79 Å². The molecule has 0 bridgehead atoms. The van der Waals surface area contributed by atoms with Crippen molar-refractivity contribution >= 4 is 12.2 Å². The lowest BCUT2D eigenvalue weighted by Gasteiger charge is -2.30. The van der Waals surface area contributed by atoms with Crippen LogP contribution in [0.5, 0.6) is 0 Å². The van der Waals surface area contributed by atoms with Gasteiger partial charge in [0.2, 0.25) is 0 Å². The molecule has 0 radical (unpaired) electrons. The summed E-state index contributed by atoms with van der Waals surface area (Å²) in [5.41, 5.74) is 2.79. The van der Waals surface area contributed by atoms with Crippen molar-refractivity contribution in [3.8, 4) is 6.07 Å². The van der Waals surface area contributed by atoms with E-state index in [1.54, 1.807) is 0 Å². The highest BCUT2D eigenvalue weighted by atomic mass is 16.6. The van der Waals surface area contributed by atoms with Gasteiger partial charge >= 0.3 is 6.09 Å². The molecule has 29 heavy (non-hydrogen) atoms. The Bertz CT molecular complexity index is 778. The predicted molar refractivity (Wildman–Crippen MR) is 115 cm³/mol. The van der Waals surface area contributed by atoms with Crippen LogP contribution in [0, 0.1) is 17.2 Å². The summed E-state index contributed by atoms with van der Waals surface area (Å²) < 4.78 is 5.36. The predicted octanol–water partition coefficient (Wildman–Crippen LogP) is 4.78. The minimum atomic E-state index is -0.451. The van der Waals surface area contributed by atoms with Gasteiger partial charge in [0.1, 0.15) is 5.60 Å². The maximum Gasteiger partial charge on any atom is 0.407 e. The molecule has 2 atom stereocenters. The second kappa shape index (κ2) is 9.00. The third-order valence-electron chi connectivity index (χ3n) is 5.71. The third kappa shape index (κ3) is 6.61. The van der Waals surface area contributed by atoms with Crippen molar-refractivity contribution < 1.29 is 9.53 Å². The summed E-state index contributed by atoms with van der Waals surface area (Å²) >= 11 is 0. The minimum Gasteiger partial charge on any atom is -0.444 e. The first-order chi connectivity index (χ1) is 13.7. The molecule has 2 N–H and O–H groups in total. The molecular formula is C24H33N3O2. The van der Waals surface area contributed by atoms with Crippen molar-refractivity contribution in [2.75, 3.05) is 0 Å². The second-order valence-corrected chi connectivity index (χ2v) is 9.43. The van der Waals surface area contributed by atoms with Crippen LogP contribution in [0.15, 0.2) is 29.8 Å². The van der Waals surface area contributed by atoms with Crippen molar-refractivity contribution in [3.63, 3.8) is 0 Å². The topological polar surface area (TPSA) is 74.2 Å². The van der Waals surface area contributed by atoms with Gasteiger partial charge in [0.25, 0.3) is 0 Å². The summed E-state index contributed by atoms with van der Waals surface area (Å²) in [6.07, 6.45) is 7.27. The molecule has 0 aliphatic heterocycles. The Hall–Kier alpha value is -2.32. The molecule has 2 unspecified atom stereocenters. The van der Waals surface area contributed by atoms with Crippen LogP contribution < -0.4 is 10.6 Å². The van der Waals surface area contributed by atoms with Gasteiger partial charge in [-0.1, -0.05) is 23.8 Å². The Morgan fingerprint density at radius 3 is 2.34 bits per heavy atom. The minimum absolute atomic E-state index is 0.218. The number of alkyl carbamates (subject to hydrolysis) is 1. The molecule has 2 aliphatic carbocycles. The Morgan fingerprint density at radius 2 is 1.76 bits per heavy atom. The fraction of sp³-hybridized carbons (Fsp3) is 0.583. The number of nitriles is 1. The molecule has 0 heterocycles. The highest BCUT2D eigenvalue weighted by molar-refractivity contribution is 5.68. The van der Waals surface area contributed by atoms with Gasteiger partial charge in [-0.15, -0.1) is 0 Å². The molecular weight excluding hydrogens is 362 g/mol. The highest BCUT2D eigenvalue weighted by Crippen LogP contribution is 2.39. The summed E-state index contributed by atoms with van der Waals surface area (Å²) in [5, 5.41) is 15.7. The zero-order chi connectivity index (χ0) is 21.0. The fourth-order valence-corrected chi connectivity index (χ4v) is 4.09. The SMILES string of the molecule is CC(=Cc1ccc(C#N)cc1)C1CC1NC1CCC(NC(=O)OC(C)(C)C)CC1. The van der Waals surface area contributed by atoms with Gasteiger partial charge in [-0.25, -0.2) is 4.79 Å². The molecule has 0 spiro atoms. The van der Waals surface area contributed by atoms with Gasteiger partial charge in [-0.05, 0) is 83.4 Å². The van der Waals surface area contributed by atoms with Crippen LogP contribution >= 0.6 is 0 Å². The smallest absolute Gasteiger partial charge is 0.407 e. The second-order valence-electron chi connectivity index (χ2n) is 9.43. The van der Waals surface area contributed by atoms with Crippen molar-refractivity contribution in [1.29, 1.82) is 5.26 Å². The summed E-state index contributed by atoms with van der Waals surface area (Å²) in [5.74, 6) is 0.600. The summed E-state index contributed by atoms with van der Waals surface area (Å²) in [7, 11) is 0. The van der Waals surface area contributed by atoms with Crippen LogP contribution in [-0.2, 0) is 4.74 Å². The monoisotopic (exact) mass is 395 g/mol. The maximum absolute atomic E-state index is 11.9. The van der Waals surface area contributed by atoms with Gasteiger partial charge in [0.15, 0.2) is 0 Å². The average Bonchev–Trinajstić information content (AvgIpc) is 3.42. The van der Waals surface area contributed by atoms with E-state index in [2.05, 4.69) is 29.7 Å². The lowest BCUT2D eigenvalue weighted by molar-refractivity contribution is 0.0489. The van der Waals surface area contributed by atoms with Crippen molar-refractivity contribution in [2.45, 2.75) is 83.5 Å². The van der Waals surface area contributed by atoms with Crippen molar-refractivity contribution in [2.24, 2.45) is 5.92 Å². The molecule has 5 nitrogen and oxygen atoms in total. The summed E-state index contributed by atoms with van der Waals surface area (Å²) in [4.78, 5) is 11.9. The summed E-state index contributed by atoms with van der Waals surface area (Å²) in [6, 6.07) is 11.2. The largest absolute Gasteiger partial charge is 0.444 e. The lowest BCUT2D eigenvalue weighted by Crippen LogP contribution is -2.44. The van der Waals surface area contributed by atoms with E-state index in [4.69, 9.17) is 10.00 Å². The van der Waals surface area contributed by atoms with Crippen molar-refractivity contribution in [1.82, 2.24) is 10.6 Å². The number of ether oxygens (including phenoxy) is 1. The van der Waals surface area contributed by atoms with Crippen molar-refractivity contribution in [3.05, 3.63) is 41.0 Å². The number of nitrogens with zero attached hydrogens (tertiary/aromatic N) is 1. The molecule has 2 saturated carbocycles. The summed E-state index contributed by atoms with van der Waals surface area (Å²) in [6.45, 7) is 7.86. The first-order valence-corrected chi connectivity index (χ1v) is 10.7. The Balaban J connectivity index is 1.40. The Kier molecular flexibility index (Phi) is 6.64. The molecule has 1 aromatic rings. The van der Waals surface area contributed by atoms with Crippen LogP contribution in [0.2, 0.25) is 0 Å². The van der Waals surface area contributed by atoms with Crippen LogP contribution in [-0.4, -0.2) is 29.8 Å². The average molecular weight is 396 g/mol. The van der Waals surface area contributed by atoms with Crippen LogP contribution in [0.4, 0.5) is 4.79 Å². The van der Waals surface area contributed by atoms with E-state index >= 15 is 0 Å². The maximum atomic E-state index is 11.9. The molecule has 0 aromatic heterocycles. The number of hydrogen-bond donors (Lipinski definition) is 2. The number of amides is 1. The first kappa shape index (κ1) is 21.4. The van der Waals surface area contributed by atoms with E-state index in [0.29, 0.717) is 23.6 Å². The van der Waals surface area contributed by atoms with Gasteiger partial charge < -0.3 is 15.4 Å². The lowest BCUT2D eigenvalue weighted by atomic mass is 9.91. The highest BCUT2D eigenvalue weighted by Gasteiger charge is 2.39. The quantitative estimate of drug-likeness (QED) is 0.753. The molecule has 1 amide bonds. The number of rotatable bonds is 5. The van der Waals surface area contributed by atoms with Crippen LogP contribution in [0.3, 0.4) is 0 Å². The van der Waals surface area contributed by atoms with Crippen LogP contribution in [0.1, 0.15) is 70.9 Å². The number of benzene rings is 1. The zero-order valence-corrected chi connectivity index (χ0v) is 18.0. The van der Waals surface area contributed by atoms with E-state index in [-0.39, 0.29) is 12.1 Å². The number of carbonyl (C=O) groups is 1. The number of nitrogens with one attached hydrogen (secondary N) is 2. The van der Waals surface area contributed by atoms with Gasteiger partial charge in [-0.3, -0.25) is 0 Å². The standard InChI is InChI=1S/C24H33N3O2/c1-16(13-17-5-7-18(15-25)8-6-17)21-14-22(21)26-19-9-11-20(12-10-19)27-23(28)29-24(2,3)4/h5-8,13,19-22,26H,9-12,14H2,1-4H3,(H,27,28). The van der Waals surface area contributed by atoms with Gasteiger partial charge in [-0.2, -0.15) is 5.26 Å². The molecule has 2 fully saturated rings. The first-order valence-electron chi connectivity index (χ1n) is 10.7. The van der Waals surface area contributed by atoms with Gasteiger partial charge in [0, 0.05) is 18.1 Å². The van der Waals surface area contributed by atoms with E-state index in [1.807, 2.05) is 45.0 Å². The van der Waals surface area contributed by atoms with E-state index in [1.165, 1.54) is 12.0 Å². The molecule has 5 heteroatoms. The molecule has 2 aliphatic rings. The molecule has 1 aromatic carbocycles. The number of hydrogen-bond acceptors (Lipinski definition) is 4. The molecule has 156 valence electrons.